The lowest BCUT2D eigenvalue weighted by Gasteiger charge is -2.26. The van der Waals surface area contributed by atoms with Gasteiger partial charge in [-0.15, -0.1) is 0 Å². The molecule has 1 rings (SSSR count). The Morgan fingerprint density at radius 2 is 1.73 bits per heavy atom. The lowest BCUT2D eigenvalue weighted by Crippen LogP contribution is -2.25. The van der Waals surface area contributed by atoms with Gasteiger partial charge < -0.3 is 4.12 Å². The number of rotatable bonds is 9. The molecule has 0 heterocycles. The van der Waals surface area contributed by atoms with Crippen molar-refractivity contribution in [1.82, 2.24) is 0 Å². The maximum atomic E-state index is 6.29. The fourth-order valence-electron chi connectivity index (χ4n) is 1.91. The molecule has 1 nitrogen and oxygen atoms in total. The highest BCUT2D eigenvalue weighted by molar-refractivity contribution is 6.59. The molecular formula is C12H27OSi2. The summed E-state index contributed by atoms with van der Waals surface area (Å²) in [5.41, 5.74) is 1.06. The summed E-state index contributed by atoms with van der Waals surface area (Å²) in [6, 6.07) is 2.84. The molecule has 1 saturated carbocycles. The molecule has 0 bridgehead atoms. The van der Waals surface area contributed by atoms with E-state index in [0.29, 0.717) is 0 Å². The maximum Gasteiger partial charge on any atom is 0.197 e. The molecule has 0 aromatic rings. The van der Waals surface area contributed by atoms with Crippen LogP contribution in [0.3, 0.4) is 0 Å². The number of hydrogen-bond donors (Lipinski definition) is 0. The first kappa shape index (κ1) is 13.5. The predicted molar refractivity (Wildman–Crippen MR) is 72.4 cm³/mol. The van der Waals surface area contributed by atoms with Crippen LogP contribution in [-0.2, 0) is 4.12 Å². The van der Waals surface area contributed by atoms with Gasteiger partial charge in [-0.2, -0.15) is 0 Å². The van der Waals surface area contributed by atoms with Crippen LogP contribution in [0, 0.1) is 0 Å². The van der Waals surface area contributed by atoms with E-state index in [4.69, 9.17) is 4.12 Å². The highest BCUT2D eigenvalue weighted by Gasteiger charge is 2.20. The first-order valence-corrected chi connectivity index (χ1v) is 10.1. The Labute approximate surface area is 99.7 Å². The highest BCUT2D eigenvalue weighted by Crippen LogP contribution is 2.31. The van der Waals surface area contributed by atoms with Gasteiger partial charge in [0.05, 0.1) is 0 Å². The van der Waals surface area contributed by atoms with Crippen LogP contribution in [0.2, 0.25) is 17.6 Å². The van der Waals surface area contributed by atoms with Gasteiger partial charge in [0.25, 0.3) is 0 Å². The Hall–Kier alpha value is 0.394. The monoisotopic (exact) mass is 243 g/mol. The van der Waals surface area contributed by atoms with Crippen LogP contribution in [0.4, 0.5) is 0 Å². The molecule has 0 amide bonds. The quantitative estimate of drug-likeness (QED) is 0.562. The van der Waals surface area contributed by atoms with Crippen LogP contribution < -0.4 is 0 Å². The molecule has 0 N–H and O–H groups in total. The minimum atomic E-state index is -0.379. The van der Waals surface area contributed by atoms with Crippen molar-refractivity contribution in [3.05, 3.63) is 0 Å². The first-order valence-electron chi connectivity index (χ1n) is 6.84. The lowest BCUT2D eigenvalue weighted by molar-refractivity contribution is 0.455. The van der Waals surface area contributed by atoms with E-state index in [-0.39, 0.29) is 18.8 Å². The molecule has 1 aliphatic rings. The second-order valence-corrected chi connectivity index (χ2v) is 9.57. The van der Waals surface area contributed by atoms with Gasteiger partial charge in [-0.05, 0) is 17.6 Å². The van der Waals surface area contributed by atoms with Gasteiger partial charge >= 0.3 is 0 Å². The molecule has 3 heteroatoms. The Kier molecular flexibility index (Phi) is 7.66. The van der Waals surface area contributed by atoms with Gasteiger partial charge in [-0.25, -0.2) is 0 Å². The van der Waals surface area contributed by atoms with E-state index in [1.54, 1.807) is 0 Å². The summed E-state index contributed by atoms with van der Waals surface area (Å²) in [5, 5.41) is 0. The molecule has 0 unspecified atom stereocenters. The smallest absolute Gasteiger partial charge is 0.197 e. The second kappa shape index (κ2) is 8.53. The van der Waals surface area contributed by atoms with Gasteiger partial charge in [0.2, 0.25) is 0 Å². The molecule has 0 saturated heterocycles. The minimum Gasteiger partial charge on any atom is -0.460 e. The maximum absolute atomic E-state index is 6.29. The standard InChI is InChI=1S/C12H27OSi2/c1-3-5-10-15(11-6-4-2)13-14-12-8-7-9-12/h12H,3-11,14H2,1-2H3. The van der Waals surface area contributed by atoms with E-state index in [2.05, 4.69) is 13.8 Å². The van der Waals surface area contributed by atoms with E-state index in [9.17, 15) is 0 Å². The summed E-state index contributed by atoms with van der Waals surface area (Å²) < 4.78 is 6.29. The molecule has 0 atom stereocenters. The zero-order chi connectivity index (χ0) is 10.9. The Balaban J connectivity index is 2.08. The van der Waals surface area contributed by atoms with E-state index in [1.807, 2.05) is 0 Å². The average molecular weight is 244 g/mol. The number of unbranched alkanes of at least 4 members (excludes halogenated alkanes) is 2. The van der Waals surface area contributed by atoms with Crippen LogP contribution in [0.1, 0.15) is 58.8 Å². The summed E-state index contributed by atoms with van der Waals surface area (Å²) in [5.74, 6) is 0. The van der Waals surface area contributed by atoms with E-state index >= 15 is 0 Å². The second-order valence-electron chi connectivity index (χ2n) is 4.85. The van der Waals surface area contributed by atoms with Crippen LogP contribution in [-0.4, -0.2) is 18.8 Å². The normalized spacial score (nSPS) is 17.8. The highest BCUT2D eigenvalue weighted by atomic mass is 28.3. The lowest BCUT2D eigenvalue weighted by atomic mass is 10.00. The van der Waals surface area contributed by atoms with Crippen LogP contribution in [0.25, 0.3) is 0 Å². The van der Waals surface area contributed by atoms with Gasteiger partial charge in [0.15, 0.2) is 9.04 Å². The zero-order valence-corrected chi connectivity index (χ0v) is 13.0. The van der Waals surface area contributed by atoms with Crippen molar-refractivity contribution >= 4 is 18.8 Å². The molecule has 1 fully saturated rings. The van der Waals surface area contributed by atoms with Gasteiger partial charge in [0.1, 0.15) is 9.76 Å². The Morgan fingerprint density at radius 3 is 2.13 bits per heavy atom. The molecule has 0 aromatic heterocycles. The summed E-state index contributed by atoms with van der Waals surface area (Å²) in [6.45, 7) is 4.59. The molecule has 0 aromatic carbocycles. The SMILES string of the molecule is CCCC[Si](CCCC)O[SiH2]C1CCC1. The van der Waals surface area contributed by atoms with Crippen LogP contribution in [0.15, 0.2) is 0 Å². The number of hydrogen-bond acceptors (Lipinski definition) is 1. The molecular weight excluding hydrogens is 216 g/mol. The Bertz CT molecular complexity index is 141. The van der Waals surface area contributed by atoms with Gasteiger partial charge in [0, 0.05) is 0 Å². The van der Waals surface area contributed by atoms with Gasteiger partial charge in [-0.3, -0.25) is 0 Å². The van der Waals surface area contributed by atoms with E-state index in [1.165, 1.54) is 57.0 Å². The topological polar surface area (TPSA) is 9.23 Å². The molecule has 1 radical (unpaired) electrons. The fraction of sp³-hybridized carbons (Fsp3) is 1.00. The first-order chi connectivity index (χ1) is 7.36. The zero-order valence-electron chi connectivity index (χ0n) is 10.6. The third-order valence-corrected chi connectivity index (χ3v) is 8.78. The molecule has 89 valence electrons. The predicted octanol–water partition coefficient (Wildman–Crippen LogP) is 3.65. The van der Waals surface area contributed by atoms with Crippen molar-refractivity contribution in [3.63, 3.8) is 0 Å². The summed E-state index contributed by atoms with van der Waals surface area (Å²) in [7, 11) is -0.515. The van der Waals surface area contributed by atoms with Crippen molar-refractivity contribution in [3.8, 4) is 0 Å². The average Bonchev–Trinajstić information content (AvgIpc) is 2.19. The van der Waals surface area contributed by atoms with Crippen LogP contribution in [0.5, 0.6) is 0 Å². The third-order valence-electron chi connectivity index (χ3n) is 3.37. The third kappa shape index (κ3) is 5.88. The van der Waals surface area contributed by atoms with Crippen molar-refractivity contribution in [2.24, 2.45) is 0 Å². The van der Waals surface area contributed by atoms with Crippen molar-refractivity contribution < 1.29 is 4.12 Å². The van der Waals surface area contributed by atoms with Crippen molar-refractivity contribution in [2.45, 2.75) is 76.4 Å². The summed E-state index contributed by atoms with van der Waals surface area (Å²) in [4.78, 5) is 0. The Morgan fingerprint density at radius 1 is 1.13 bits per heavy atom. The van der Waals surface area contributed by atoms with Crippen molar-refractivity contribution in [1.29, 1.82) is 0 Å². The van der Waals surface area contributed by atoms with Crippen molar-refractivity contribution in [2.75, 3.05) is 0 Å². The molecule has 0 spiro atoms. The summed E-state index contributed by atoms with van der Waals surface area (Å²) >= 11 is 0. The van der Waals surface area contributed by atoms with Crippen LogP contribution >= 0.6 is 0 Å². The van der Waals surface area contributed by atoms with E-state index in [0.717, 1.165) is 5.54 Å². The molecule has 15 heavy (non-hydrogen) atoms. The molecule has 0 aliphatic heterocycles. The van der Waals surface area contributed by atoms with E-state index < -0.39 is 0 Å². The van der Waals surface area contributed by atoms with Gasteiger partial charge in [-0.1, -0.05) is 58.8 Å². The minimum absolute atomic E-state index is 0.136. The summed E-state index contributed by atoms with van der Waals surface area (Å²) in [6.07, 6.45) is 9.94. The fourth-order valence-corrected chi connectivity index (χ4v) is 7.61. The molecule has 1 aliphatic carbocycles. The largest absolute Gasteiger partial charge is 0.460 e.